The minimum absolute atomic E-state index is 0.524. The summed E-state index contributed by atoms with van der Waals surface area (Å²) in [5.41, 5.74) is 2.11. The maximum atomic E-state index is 5.61. The third-order valence-electron chi connectivity index (χ3n) is 2.56. The molecule has 0 N–H and O–H groups in total. The standard InChI is InChI=1S/C14H12Cl2O3/c15-18-13-5-1-11(2-6-13)9-17-10-12-3-7-14(19-16)8-4-12/h1-8H,9-10H2. The quantitative estimate of drug-likeness (QED) is 0.787. The average Bonchev–Trinajstić information content (AvgIpc) is 2.49. The summed E-state index contributed by atoms with van der Waals surface area (Å²) in [5.74, 6) is 1.23. The van der Waals surface area contributed by atoms with Crippen LogP contribution in [0.15, 0.2) is 48.5 Å². The lowest BCUT2D eigenvalue weighted by atomic mass is 10.2. The molecular formula is C14H12Cl2O3. The van der Waals surface area contributed by atoms with E-state index < -0.39 is 0 Å². The van der Waals surface area contributed by atoms with Crippen LogP contribution in [0.5, 0.6) is 11.5 Å². The van der Waals surface area contributed by atoms with Crippen molar-refractivity contribution in [3.63, 3.8) is 0 Å². The van der Waals surface area contributed by atoms with E-state index in [1.807, 2.05) is 24.3 Å². The average molecular weight is 299 g/mol. The summed E-state index contributed by atoms with van der Waals surface area (Å²) in [5, 5.41) is 0. The Balaban J connectivity index is 1.81. The summed E-state index contributed by atoms with van der Waals surface area (Å²) in [6, 6.07) is 14.8. The Bertz CT molecular complexity index is 450. The molecule has 0 bridgehead atoms. The lowest BCUT2D eigenvalue weighted by Gasteiger charge is -2.05. The number of benzene rings is 2. The van der Waals surface area contributed by atoms with Crippen LogP contribution in [-0.2, 0) is 18.0 Å². The first-order chi connectivity index (χ1) is 9.31. The van der Waals surface area contributed by atoms with E-state index in [4.69, 9.17) is 28.5 Å². The molecule has 0 spiro atoms. The number of halogens is 2. The third-order valence-corrected chi connectivity index (χ3v) is 2.92. The van der Waals surface area contributed by atoms with Crippen molar-refractivity contribution in [1.29, 1.82) is 0 Å². The van der Waals surface area contributed by atoms with Crippen molar-refractivity contribution in [2.45, 2.75) is 13.2 Å². The molecule has 2 aromatic rings. The van der Waals surface area contributed by atoms with Gasteiger partial charge < -0.3 is 13.3 Å². The molecule has 0 amide bonds. The van der Waals surface area contributed by atoms with Gasteiger partial charge in [-0.05, 0) is 35.4 Å². The molecule has 2 rings (SSSR count). The predicted octanol–water partition coefficient (Wildman–Crippen LogP) is 4.47. The summed E-state index contributed by atoms with van der Waals surface area (Å²) in [6.45, 7) is 1.05. The van der Waals surface area contributed by atoms with E-state index in [0.717, 1.165) is 11.1 Å². The minimum atomic E-state index is 0.524. The van der Waals surface area contributed by atoms with Gasteiger partial charge in [0, 0.05) is 0 Å². The molecule has 0 aliphatic carbocycles. The first-order valence-electron chi connectivity index (χ1n) is 5.64. The van der Waals surface area contributed by atoms with Gasteiger partial charge in [-0.1, -0.05) is 24.3 Å². The zero-order valence-electron chi connectivity index (χ0n) is 10.0. The van der Waals surface area contributed by atoms with Gasteiger partial charge in [-0.2, -0.15) is 0 Å². The van der Waals surface area contributed by atoms with Crippen LogP contribution >= 0.6 is 23.7 Å². The second-order valence-corrected chi connectivity index (χ2v) is 4.24. The van der Waals surface area contributed by atoms with Crippen molar-refractivity contribution in [3.05, 3.63) is 59.7 Å². The molecule has 3 nitrogen and oxygen atoms in total. The normalized spacial score (nSPS) is 10.2. The van der Waals surface area contributed by atoms with Crippen molar-refractivity contribution in [2.24, 2.45) is 0 Å². The Labute approximate surface area is 122 Å². The lowest BCUT2D eigenvalue weighted by molar-refractivity contribution is 0.107. The van der Waals surface area contributed by atoms with Crippen molar-refractivity contribution < 1.29 is 13.3 Å². The summed E-state index contributed by atoms with van der Waals surface area (Å²) in [6.07, 6.45) is 0. The van der Waals surface area contributed by atoms with E-state index in [9.17, 15) is 0 Å². The van der Waals surface area contributed by atoms with Crippen LogP contribution < -0.4 is 8.58 Å². The molecule has 2 aromatic carbocycles. The molecule has 0 aromatic heterocycles. The van der Waals surface area contributed by atoms with Crippen LogP contribution in [0.2, 0.25) is 0 Å². The van der Waals surface area contributed by atoms with Gasteiger partial charge in [-0.15, -0.1) is 0 Å². The van der Waals surface area contributed by atoms with Gasteiger partial charge in [0.25, 0.3) is 0 Å². The summed E-state index contributed by atoms with van der Waals surface area (Å²) in [7, 11) is 0. The molecule has 0 aliphatic rings. The molecule has 0 fully saturated rings. The maximum Gasteiger partial charge on any atom is 0.146 e. The van der Waals surface area contributed by atoms with Crippen LogP contribution in [0.1, 0.15) is 11.1 Å². The highest BCUT2D eigenvalue weighted by Gasteiger charge is 1.98. The number of rotatable bonds is 6. The second kappa shape index (κ2) is 7.24. The zero-order valence-corrected chi connectivity index (χ0v) is 11.5. The van der Waals surface area contributed by atoms with E-state index in [-0.39, 0.29) is 0 Å². The van der Waals surface area contributed by atoms with E-state index in [0.29, 0.717) is 24.7 Å². The van der Waals surface area contributed by atoms with Gasteiger partial charge in [-0.3, -0.25) is 0 Å². The van der Waals surface area contributed by atoms with Gasteiger partial charge >= 0.3 is 0 Å². The molecule has 19 heavy (non-hydrogen) atoms. The molecular weight excluding hydrogens is 287 g/mol. The van der Waals surface area contributed by atoms with E-state index in [1.165, 1.54) is 0 Å². The summed E-state index contributed by atoms with van der Waals surface area (Å²) < 4.78 is 14.8. The molecule has 0 aliphatic heterocycles. The molecule has 0 atom stereocenters. The van der Waals surface area contributed by atoms with Gasteiger partial charge in [0.2, 0.25) is 0 Å². The molecule has 100 valence electrons. The van der Waals surface area contributed by atoms with Gasteiger partial charge in [0.15, 0.2) is 0 Å². The van der Waals surface area contributed by atoms with Crippen LogP contribution in [0.4, 0.5) is 0 Å². The Kier molecular flexibility index (Phi) is 5.33. The van der Waals surface area contributed by atoms with E-state index in [2.05, 4.69) is 8.58 Å². The van der Waals surface area contributed by atoms with E-state index >= 15 is 0 Å². The first kappa shape index (κ1) is 14.0. The maximum absolute atomic E-state index is 5.61. The Hall–Kier alpha value is -1.42. The highest BCUT2D eigenvalue weighted by atomic mass is 35.5. The fraction of sp³-hybridized carbons (Fsp3) is 0.143. The Morgan fingerprint density at radius 2 is 1.00 bits per heavy atom. The minimum Gasteiger partial charge on any atom is -0.386 e. The van der Waals surface area contributed by atoms with Crippen LogP contribution in [0.3, 0.4) is 0 Å². The van der Waals surface area contributed by atoms with Crippen molar-refractivity contribution >= 4 is 23.7 Å². The van der Waals surface area contributed by atoms with Gasteiger partial charge in [-0.25, -0.2) is 0 Å². The monoisotopic (exact) mass is 298 g/mol. The topological polar surface area (TPSA) is 27.7 Å². The molecule has 0 radical (unpaired) electrons. The predicted molar refractivity (Wildman–Crippen MR) is 74.3 cm³/mol. The van der Waals surface area contributed by atoms with Gasteiger partial charge in [0.05, 0.1) is 13.2 Å². The molecule has 0 heterocycles. The van der Waals surface area contributed by atoms with E-state index in [1.54, 1.807) is 24.3 Å². The summed E-state index contributed by atoms with van der Waals surface area (Å²) in [4.78, 5) is 0. The largest absolute Gasteiger partial charge is 0.386 e. The molecule has 0 saturated carbocycles. The number of hydrogen-bond donors (Lipinski definition) is 0. The highest BCUT2D eigenvalue weighted by Crippen LogP contribution is 2.16. The van der Waals surface area contributed by atoms with Gasteiger partial charge in [0.1, 0.15) is 35.2 Å². The van der Waals surface area contributed by atoms with Crippen LogP contribution in [0, 0.1) is 0 Å². The lowest BCUT2D eigenvalue weighted by Crippen LogP contribution is -1.94. The van der Waals surface area contributed by atoms with Crippen molar-refractivity contribution in [3.8, 4) is 11.5 Å². The van der Waals surface area contributed by atoms with Crippen molar-refractivity contribution in [2.75, 3.05) is 0 Å². The second-order valence-electron chi connectivity index (χ2n) is 3.94. The fourth-order valence-electron chi connectivity index (χ4n) is 1.56. The first-order valence-corrected chi connectivity index (χ1v) is 6.26. The third kappa shape index (κ3) is 4.31. The zero-order chi connectivity index (χ0) is 13.5. The molecule has 5 heteroatoms. The number of hydrogen-bond acceptors (Lipinski definition) is 3. The Morgan fingerprint density at radius 3 is 1.32 bits per heavy atom. The summed E-state index contributed by atoms with van der Waals surface area (Å²) >= 11 is 10.5. The van der Waals surface area contributed by atoms with Crippen LogP contribution in [-0.4, -0.2) is 0 Å². The number of ether oxygens (including phenoxy) is 1. The van der Waals surface area contributed by atoms with Crippen molar-refractivity contribution in [1.82, 2.24) is 0 Å². The molecule has 0 unspecified atom stereocenters. The Morgan fingerprint density at radius 1 is 0.632 bits per heavy atom. The smallest absolute Gasteiger partial charge is 0.146 e. The fourth-order valence-corrected chi connectivity index (χ4v) is 1.77. The highest BCUT2D eigenvalue weighted by molar-refractivity contribution is 6.09. The van der Waals surface area contributed by atoms with Crippen LogP contribution in [0.25, 0.3) is 0 Å². The molecule has 0 saturated heterocycles. The SMILES string of the molecule is ClOc1ccc(COCc2ccc(OCl)cc2)cc1.